The van der Waals surface area contributed by atoms with E-state index < -0.39 is 26.5 Å². The smallest absolute Gasteiger partial charge is 0.462 e. The van der Waals surface area contributed by atoms with Crippen molar-refractivity contribution >= 4 is 19.8 Å². The first-order valence-electron chi connectivity index (χ1n) is 23.4. The summed E-state index contributed by atoms with van der Waals surface area (Å²) in [5.74, 6) is -0.840. The number of nitrogens with zero attached hydrogens (tertiary/aromatic N) is 1. The lowest BCUT2D eigenvalue weighted by Gasteiger charge is -2.24. The number of hydrogen-bond acceptors (Lipinski definition) is 7. The zero-order valence-electron chi connectivity index (χ0n) is 38.0. The van der Waals surface area contributed by atoms with E-state index >= 15 is 0 Å². The highest BCUT2D eigenvalue weighted by Gasteiger charge is 2.27. The van der Waals surface area contributed by atoms with E-state index in [9.17, 15) is 19.0 Å². The maximum atomic E-state index is 12.7. The van der Waals surface area contributed by atoms with Gasteiger partial charge in [-0.05, 0) is 32.1 Å². The molecule has 0 aromatic heterocycles. The molecule has 0 heterocycles. The molecule has 338 valence electrons. The summed E-state index contributed by atoms with van der Waals surface area (Å²) in [6.07, 6.45) is 47.5. The van der Waals surface area contributed by atoms with Crippen LogP contribution in [0.2, 0.25) is 0 Å². The molecule has 58 heavy (non-hydrogen) atoms. The third kappa shape index (κ3) is 43.5. The molecule has 9 nitrogen and oxygen atoms in total. The molecule has 0 aliphatic heterocycles. The summed E-state index contributed by atoms with van der Waals surface area (Å²) < 4.78 is 34.3. The van der Waals surface area contributed by atoms with Gasteiger partial charge < -0.3 is 18.9 Å². The summed E-state index contributed by atoms with van der Waals surface area (Å²) in [6, 6.07) is 0. The van der Waals surface area contributed by atoms with Gasteiger partial charge in [0.1, 0.15) is 19.8 Å². The Morgan fingerprint density at radius 1 is 0.552 bits per heavy atom. The van der Waals surface area contributed by atoms with Crippen LogP contribution in [-0.2, 0) is 32.7 Å². The van der Waals surface area contributed by atoms with Gasteiger partial charge in [0.05, 0.1) is 27.7 Å². The maximum Gasteiger partial charge on any atom is 0.472 e. The van der Waals surface area contributed by atoms with Crippen LogP contribution in [0.1, 0.15) is 194 Å². The second-order valence-electron chi connectivity index (χ2n) is 16.9. The molecule has 0 radical (unpaired) electrons. The van der Waals surface area contributed by atoms with Crippen molar-refractivity contribution in [2.24, 2.45) is 0 Å². The third-order valence-corrected chi connectivity index (χ3v) is 11.0. The summed E-state index contributed by atoms with van der Waals surface area (Å²) in [7, 11) is 1.45. The minimum absolute atomic E-state index is 0.0232. The van der Waals surface area contributed by atoms with Gasteiger partial charge in [-0.2, -0.15) is 0 Å². The second kappa shape index (κ2) is 40.4. The molecule has 0 spiro atoms. The molecule has 0 bridgehead atoms. The van der Waals surface area contributed by atoms with Crippen LogP contribution in [0.4, 0.5) is 0 Å². The van der Waals surface area contributed by atoms with Gasteiger partial charge in [-0.3, -0.25) is 18.6 Å². The molecular weight excluding hydrogens is 750 g/mol. The monoisotopic (exact) mass is 839 g/mol. The number of hydrogen-bond donors (Lipinski definition) is 1. The number of unbranched alkanes of at least 4 members (excludes halogenated alkanes) is 23. The standard InChI is InChI=1S/C48H88NO8P/c1-6-8-10-12-14-16-18-20-21-22-23-24-25-26-27-29-30-32-34-36-38-40-47(50)54-44-46(45-56-58(52,53)55-43-42-49(3,4)5)57-48(51)41-39-37-35-33-31-28-19-17-15-13-11-9-7-2/h9,11,13,15,17,19,28,31,46H,6-8,10,12,14,16,18,20-27,29-30,32-45H2,1-5H3/p+1/b11-9+,15-13+,19-17+,31-28+. The second-order valence-corrected chi connectivity index (χ2v) is 18.3. The first kappa shape index (κ1) is 56.0. The van der Waals surface area contributed by atoms with Crippen LogP contribution >= 0.6 is 7.82 Å². The molecule has 0 aliphatic rings. The highest BCUT2D eigenvalue weighted by molar-refractivity contribution is 7.47. The average molecular weight is 839 g/mol. The zero-order chi connectivity index (χ0) is 42.8. The molecule has 0 saturated heterocycles. The van der Waals surface area contributed by atoms with E-state index in [1.165, 1.54) is 116 Å². The number of esters is 2. The lowest BCUT2D eigenvalue weighted by molar-refractivity contribution is -0.870. The van der Waals surface area contributed by atoms with Crippen molar-refractivity contribution in [3.8, 4) is 0 Å². The molecular formula is C48H89NO8P+. The average Bonchev–Trinajstić information content (AvgIpc) is 3.17. The van der Waals surface area contributed by atoms with Gasteiger partial charge in [0, 0.05) is 12.8 Å². The van der Waals surface area contributed by atoms with Gasteiger partial charge in [-0.15, -0.1) is 0 Å². The van der Waals surface area contributed by atoms with Crippen LogP contribution in [0.5, 0.6) is 0 Å². The Balaban J connectivity index is 4.27. The Labute approximate surface area is 356 Å². The molecule has 0 aliphatic carbocycles. The van der Waals surface area contributed by atoms with Gasteiger partial charge in [-0.25, -0.2) is 4.57 Å². The molecule has 10 heteroatoms. The molecule has 0 aromatic carbocycles. The Bertz CT molecular complexity index is 1130. The van der Waals surface area contributed by atoms with Crippen molar-refractivity contribution in [3.63, 3.8) is 0 Å². The number of phosphoric ester groups is 1. The summed E-state index contributed by atoms with van der Waals surface area (Å²) in [5.41, 5.74) is 0. The molecule has 0 rings (SSSR count). The minimum Gasteiger partial charge on any atom is -0.462 e. The number of rotatable bonds is 42. The molecule has 0 amide bonds. The van der Waals surface area contributed by atoms with Crippen molar-refractivity contribution < 1.29 is 42.1 Å². The first-order chi connectivity index (χ1) is 28.0. The number of ether oxygens (including phenoxy) is 2. The van der Waals surface area contributed by atoms with Crippen molar-refractivity contribution in [3.05, 3.63) is 48.6 Å². The van der Waals surface area contributed by atoms with E-state index in [4.69, 9.17) is 18.5 Å². The van der Waals surface area contributed by atoms with Crippen LogP contribution in [0.25, 0.3) is 0 Å². The van der Waals surface area contributed by atoms with E-state index in [2.05, 4.69) is 26.0 Å². The van der Waals surface area contributed by atoms with E-state index in [-0.39, 0.29) is 32.0 Å². The highest BCUT2D eigenvalue weighted by atomic mass is 31.2. The zero-order valence-corrected chi connectivity index (χ0v) is 38.9. The Morgan fingerprint density at radius 2 is 0.983 bits per heavy atom. The van der Waals surface area contributed by atoms with E-state index in [1.807, 2.05) is 57.6 Å². The van der Waals surface area contributed by atoms with Crippen molar-refractivity contribution in [1.29, 1.82) is 0 Å². The predicted molar refractivity (Wildman–Crippen MR) is 243 cm³/mol. The van der Waals surface area contributed by atoms with Crippen LogP contribution < -0.4 is 0 Å². The normalized spacial score (nSPS) is 14.0. The lowest BCUT2D eigenvalue weighted by Crippen LogP contribution is -2.37. The summed E-state index contributed by atoms with van der Waals surface area (Å²) >= 11 is 0. The summed E-state index contributed by atoms with van der Waals surface area (Å²) in [6.45, 7) is 4.25. The van der Waals surface area contributed by atoms with Gasteiger partial charge in [0.15, 0.2) is 6.10 Å². The fourth-order valence-corrected chi connectivity index (χ4v) is 7.06. The quantitative estimate of drug-likeness (QED) is 0.0213. The van der Waals surface area contributed by atoms with Crippen LogP contribution in [0.15, 0.2) is 48.6 Å². The Morgan fingerprint density at radius 3 is 1.47 bits per heavy atom. The molecule has 0 saturated carbocycles. The number of quaternary nitrogens is 1. The Hall–Kier alpha value is -2.03. The van der Waals surface area contributed by atoms with Crippen LogP contribution in [0, 0.1) is 0 Å². The lowest BCUT2D eigenvalue weighted by atomic mass is 10.0. The van der Waals surface area contributed by atoms with E-state index in [0.29, 0.717) is 17.4 Å². The van der Waals surface area contributed by atoms with Crippen molar-refractivity contribution in [2.75, 3.05) is 47.5 Å². The van der Waals surface area contributed by atoms with Gasteiger partial charge in [-0.1, -0.05) is 197 Å². The van der Waals surface area contributed by atoms with Crippen LogP contribution in [-0.4, -0.2) is 74.9 Å². The highest BCUT2D eigenvalue weighted by Crippen LogP contribution is 2.43. The van der Waals surface area contributed by atoms with Gasteiger partial charge in [0.2, 0.25) is 0 Å². The SMILES string of the molecule is CC/C=C/C=C/C=C/C=C/CCCCCC(=O)OC(COC(=O)CCCCCCCCCCCCCCCCCCCCCCC)COP(=O)(O)OCC[N+](C)(C)C. The minimum atomic E-state index is -4.39. The fraction of sp³-hybridized carbons (Fsp3) is 0.792. The molecule has 2 unspecified atom stereocenters. The topological polar surface area (TPSA) is 108 Å². The van der Waals surface area contributed by atoms with Crippen molar-refractivity contribution in [1.82, 2.24) is 0 Å². The molecule has 0 aromatic rings. The number of carbonyl (C=O) groups excluding carboxylic acids is 2. The van der Waals surface area contributed by atoms with E-state index in [0.717, 1.165) is 44.9 Å². The predicted octanol–water partition coefficient (Wildman–Crippen LogP) is 13.5. The summed E-state index contributed by atoms with van der Waals surface area (Å²) in [5, 5.41) is 0. The van der Waals surface area contributed by atoms with Crippen molar-refractivity contribution in [2.45, 2.75) is 200 Å². The number of likely N-dealkylation sites (N-methyl/N-ethyl adjacent to an activating group) is 1. The van der Waals surface area contributed by atoms with E-state index in [1.54, 1.807) is 0 Å². The number of allylic oxidation sites excluding steroid dienone is 8. The molecule has 0 fully saturated rings. The maximum absolute atomic E-state index is 12.7. The van der Waals surface area contributed by atoms with Gasteiger partial charge >= 0.3 is 19.8 Å². The first-order valence-corrected chi connectivity index (χ1v) is 24.9. The summed E-state index contributed by atoms with van der Waals surface area (Å²) in [4.78, 5) is 35.4. The third-order valence-electron chi connectivity index (χ3n) is 9.97. The number of phosphoric acid groups is 1. The Kier molecular flexibility index (Phi) is 39.0. The largest absolute Gasteiger partial charge is 0.472 e. The number of carbonyl (C=O) groups is 2. The fourth-order valence-electron chi connectivity index (χ4n) is 6.32. The van der Waals surface area contributed by atoms with Crippen LogP contribution in [0.3, 0.4) is 0 Å². The molecule has 1 N–H and O–H groups in total. The molecule has 2 atom stereocenters. The van der Waals surface area contributed by atoms with Gasteiger partial charge in [0.25, 0.3) is 0 Å².